The molecule has 1 aromatic rings. The summed E-state index contributed by atoms with van der Waals surface area (Å²) in [6.45, 7) is 0.457. The zero-order valence-electron chi connectivity index (χ0n) is 5.83. The van der Waals surface area contributed by atoms with Crippen molar-refractivity contribution >= 4 is 22.9 Å². The zero-order chi connectivity index (χ0) is 8.27. The molecule has 0 fully saturated rings. The molecule has 3 nitrogen and oxygen atoms in total. The van der Waals surface area contributed by atoms with Crippen LogP contribution in [0, 0.1) is 0 Å². The number of aromatic nitrogens is 1. The standard InChI is InChI=1S/C6H9ClN2OS/c7-5-3-9-6(11-5)4(10)1-2-8/h3-4,10H,1-2,8H2. The molecule has 1 heterocycles. The molecule has 1 aromatic heterocycles. The van der Waals surface area contributed by atoms with Gasteiger partial charge in [-0.3, -0.25) is 0 Å². The van der Waals surface area contributed by atoms with E-state index in [2.05, 4.69) is 4.98 Å². The molecule has 3 N–H and O–H groups in total. The molecule has 1 unspecified atom stereocenters. The molecule has 11 heavy (non-hydrogen) atoms. The average Bonchev–Trinajstić information content (AvgIpc) is 2.36. The van der Waals surface area contributed by atoms with Gasteiger partial charge in [-0.25, -0.2) is 4.98 Å². The van der Waals surface area contributed by atoms with Crippen LogP contribution in [0.15, 0.2) is 6.20 Å². The van der Waals surface area contributed by atoms with Crippen LogP contribution < -0.4 is 5.73 Å². The Kier molecular flexibility index (Phi) is 3.26. The normalized spacial score (nSPS) is 13.4. The van der Waals surface area contributed by atoms with Gasteiger partial charge in [0, 0.05) is 0 Å². The van der Waals surface area contributed by atoms with Crippen molar-refractivity contribution in [3.8, 4) is 0 Å². The molecule has 0 aliphatic rings. The fraction of sp³-hybridized carbons (Fsp3) is 0.500. The van der Waals surface area contributed by atoms with Crippen molar-refractivity contribution < 1.29 is 5.11 Å². The highest BCUT2D eigenvalue weighted by Gasteiger charge is 2.09. The molecule has 0 aliphatic heterocycles. The Balaban J connectivity index is 2.60. The third kappa shape index (κ3) is 2.41. The smallest absolute Gasteiger partial charge is 0.123 e. The number of halogens is 1. The summed E-state index contributed by atoms with van der Waals surface area (Å²) in [6.07, 6.45) is 1.50. The summed E-state index contributed by atoms with van der Waals surface area (Å²) in [5.74, 6) is 0. The molecule has 0 bridgehead atoms. The highest BCUT2D eigenvalue weighted by Crippen LogP contribution is 2.24. The van der Waals surface area contributed by atoms with Crippen LogP contribution in [0.5, 0.6) is 0 Å². The van der Waals surface area contributed by atoms with E-state index in [1.165, 1.54) is 17.5 Å². The monoisotopic (exact) mass is 192 g/mol. The number of nitrogens with zero attached hydrogens (tertiary/aromatic N) is 1. The van der Waals surface area contributed by atoms with Crippen molar-refractivity contribution in [2.24, 2.45) is 5.73 Å². The molecular weight excluding hydrogens is 184 g/mol. The summed E-state index contributed by atoms with van der Waals surface area (Å²) in [7, 11) is 0. The number of nitrogens with two attached hydrogens (primary N) is 1. The zero-order valence-corrected chi connectivity index (χ0v) is 7.40. The molecule has 0 amide bonds. The van der Waals surface area contributed by atoms with Gasteiger partial charge in [0.15, 0.2) is 0 Å². The lowest BCUT2D eigenvalue weighted by atomic mass is 10.3. The molecule has 0 aromatic carbocycles. The van der Waals surface area contributed by atoms with Crippen LogP contribution in [0.25, 0.3) is 0 Å². The lowest BCUT2D eigenvalue weighted by Gasteiger charge is -2.02. The fourth-order valence-electron chi connectivity index (χ4n) is 0.702. The second-order valence-electron chi connectivity index (χ2n) is 2.10. The maximum Gasteiger partial charge on any atom is 0.123 e. The van der Waals surface area contributed by atoms with Gasteiger partial charge in [0.1, 0.15) is 15.4 Å². The predicted octanol–water partition coefficient (Wildman–Crippen LogP) is 1.18. The molecule has 1 atom stereocenters. The van der Waals surface area contributed by atoms with Crippen molar-refractivity contribution in [2.75, 3.05) is 6.54 Å². The molecule has 0 radical (unpaired) electrons. The molecule has 5 heteroatoms. The Bertz CT molecular complexity index is 228. The highest BCUT2D eigenvalue weighted by atomic mass is 35.5. The molecule has 0 aliphatic carbocycles. The summed E-state index contributed by atoms with van der Waals surface area (Å²) in [5.41, 5.74) is 5.26. The Labute approximate surface area is 73.8 Å². The third-order valence-electron chi connectivity index (χ3n) is 1.22. The lowest BCUT2D eigenvalue weighted by Crippen LogP contribution is -2.06. The van der Waals surface area contributed by atoms with Crippen LogP contribution in [0.2, 0.25) is 4.34 Å². The van der Waals surface area contributed by atoms with Crippen molar-refractivity contribution in [1.29, 1.82) is 0 Å². The van der Waals surface area contributed by atoms with E-state index in [-0.39, 0.29) is 0 Å². The number of aliphatic hydroxyl groups is 1. The minimum absolute atomic E-state index is 0.457. The Hall–Kier alpha value is -0.160. The first-order chi connectivity index (χ1) is 5.24. The largest absolute Gasteiger partial charge is 0.386 e. The summed E-state index contributed by atoms with van der Waals surface area (Å²) in [5, 5.41) is 9.98. The maximum atomic E-state index is 9.34. The first kappa shape index (κ1) is 8.93. The van der Waals surface area contributed by atoms with E-state index in [4.69, 9.17) is 17.3 Å². The molecule has 1 rings (SSSR count). The van der Waals surface area contributed by atoms with E-state index in [1.54, 1.807) is 0 Å². The Morgan fingerprint density at radius 2 is 2.55 bits per heavy atom. The Morgan fingerprint density at radius 1 is 1.82 bits per heavy atom. The number of thiazole rings is 1. The van der Waals surface area contributed by atoms with Gasteiger partial charge in [0.25, 0.3) is 0 Å². The highest BCUT2D eigenvalue weighted by molar-refractivity contribution is 7.15. The van der Waals surface area contributed by atoms with Crippen molar-refractivity contribution in [3.63, 3.8) is 0 Å². The number of rotatable bonds is 3. The first-order valence-electron chi connectivity index (χ1n) is 3.23. The van der Waals surface area contributed by atoms with Gasteiger partial charge in [-0.1, -0.05) is 11.6 Å². The fourth-order valence-corrected chi connectivity index (χ4v) is 1.65. The van der Waals surface area contributed by atoms with E-state index in [0.717, 1.165) is 0 Å². The van der Waals surface area contributed by atoms with E-state index in [9.17, 15) is 5.11 Å². The topological polar surface area (TPSA) is 59.1 Å². The van der Waals surface area contributed by atoms with Crippen molar-refractivity contribution in [3.05, 3.63) is 15.5 Å². The number of hydrogen-bond acceptors (Lipinski definition) is 4. The predicted molar refractivity (Wildman–Crippen MR) is 45.8 cm³/mol. The number of hydrogen-bond donors (Lipinski definition) is 2. The van der Waals surface area contributed by atoms with Crippen LogP contribution in [-0.4, -0.2) is 16.6 Å². The van der Waals surface area contributed by atoms with E-state index in [0.29, 0.717) is 22.3 Å². The van der Waals surface area contributed by atoms with Gasteiger partial charge in [-0.05, 0) is 13.0 Å². The van der Waals surface area contributed by atoms with Gasteiger partial charge >= 0.3 is 0 Å². The molecular formula is C6H9ClN2OS. The molecule has 0 saturated heterocycles. The van der Waals surface area contributed by atoms with Crippen LogP contribution in [-0.2, 0) is 0 Å². The van der Waals surface area contributed by atoms with Crippen LogP contribution in [0.3, 0.4) is 0 Å². The maximum absolute atomic E-state index is 9.34. The minimum atomic E-state index is -0.558. The van der Waals surface area contributed by atoms with E-state index in [1.807, 2.05) is 0 Å². The van der Waals surface area contributed by atoms with E-state index >= 15 is 0 Å². The second-order valence-corrected chi connectivity index (χ2v) is 3.79. The van der Waals surface area contributed by atoms with Crippen molar-refractivity contribution in [1.82, 2.24) is 4.98 Å². The SMILES string of the molecule is NCCC(O)c1ncc(Cl)s1. The first-order valence-corrected chi connectivity index (χ1v) is 4.43. The quantitative estimate of drug-likeness (QED) is 0.756. The summed E-state index contributed by atoms with van der Waals surface area (Å²) < 4.78 is 0.594. The summed E-state index contributed by atoms with van der Waals surface area (Å²) >= 11 is 6.90. The van der Waals surface area contributed by atoms with Gasteiger partial charge in [0.05, 0.1) is 6.20 Å². The van der Waals surface area contributed by atoms with Gasteiger partial charge in [-0.2, -0.15) is 0 Å². The van der Waals surface area contributed by atoms with Crippen molar-refractivity contribution in [2.45, 2.75) is 12.5 Å². The molecule has 0 saturated carbocycles. The second kappa shape index (κ2) is 4.01. The van der Waals surface area contributed by atoms with Gasteiger partial charge in [-0.15, -0.1) is 11.3 Å². The Morgan fingerprint density at radius 3 is 3.00 bits per heavy atom. The van der Waals surface area contributed by atoms with Crippen LogP contribution in [0.1, 0.15) is 17.5 Å². The van der Waals surface area contributed by atoms with Gasteiger partial charge in [0.2, 0.25) is 0 Å². The number of aliphatic hydroxyl groups excluding tert-OH is 1. The van der Waals surface area contributed by atoms with E-state index < -0.39 is 6.10 Å². The summed E-state index contributed by atoms with van der Waals surface area (Å²) in [6, 6.07) is 0. The lowest BCUT2D eigenvalue weighted by molar-refractivity contribution is 0.170. The van der Waals surface area contributed by atoms with Crippen LogP contribution >= 0.6 is 22.9 Å². The average molecular weight is 193 g/mol. The van der Waals surface area contributed by atoms with Gasteiger partial charge < -0.3 is 10.8 Å². The summed E-state index contributed by atoms with van der Waals surface area (Å²) in [4.78, 5) is 3.92. The molecule has 62 valence electrons. The molecule has 0 spiro atoms. The minimum Gasteiger partial charge on any atom is -0.386 e. The third-order valence-corrected chi connectivity index (χ3v) is 2.44. The van der Waals surface area contributed by atoms with Crippen LogP contribution in [0.4, 0.5) is 0 Å².